The Morgan fingerprint density at radius 1 is 1.07 bits per heavy atom. The number of aromatic nitrogens is 1. The number of H-pyrrole nitrogens is 1. The van der Waals surface area contributed by atoms with Crippen LogP contribution in [0.25, 0.3) is 10.9 Å². The summed E-state index contributed by atoms with van der Waals surface area (Å²) in [6.07, 6.45) is 6.33. The van der Waals surface area contributed by atoms with Gasteiger partial charge in [-0.05, 0) is 63.5 Å². The lowest BCUT2D eigenvalue weighted by Crippen LogP contribution is -2.63. The van der Waals surface area contributed by atoms with Crippen LogP contribution in [0.4, 0.5) is 0 Å². The second-order valence-electron chi connectivity index (χ2n) is 8.93. The van der Waals surface area contributed by atoms with Crippen LogP contribution in [0.2, 0.25) is 0 Å². The Kier molecular flexibility index (Phi) is 4.62. The standard InChI is InChI=1S/C23H29N3O3/c27-18-9-7-17(8-10-18)25-13-3-11-23(22(25)29)12-4-14-26(23)21(28)20-15-16-5-1-2-6-19(16)24-20/h1-2,5-6,15,17-18,24,27H,3-4,7-14H2. The number of hydrogen-bond donors (Lipinski definition) is 2. The molecule has 1 aromatic carbocycles. The molecule has 1 spiro atoms. The van der Waals surface area contributed by atoms with Crippen LogP contribution in [-0.2, 0) is 4.79 Å². The number of carbonyl (C=O) groups is 2. The maximum Gasteiger partial charge on any atom is 0.271 e. The predicted molar refractivity (Wildman–Crippen MR) is 111 cm³/mol. The first-order chi connectivity index (χ1) is 14.1. The van der Waals surface area contributed by atoms with Crippen molar-refractivity contribution in [2.24, 2.45) is 0 Å². The van der Waals surface area contributed by atoms with Crippen LogP contribution in [-0.4, -0.2) is 62.5 Å². The van der Waals surface area contributed by atoms with Gasteiger partial charge in [-0.15, -0.1) is 0 Å². The van der Waals surface area contributed by atoms with Crippen molar-refractivity contribution >= 4 is 22.7 Å². The Bertz CT molecular complexity index is 897. The number of piperidine rings is 1. The van der Waals surface area contributed by atoms with Crippen LogP contribution in [0.15, 0.2) is 30.3 Å². The van der Waals surface area contributed by atoms with Gasteiger partial charge in [-0.2, -0.15) is 0 Å². The highest BCUT2D eigenvalue weighted by Gasteiger charge is 2.54. The van der Waals surface area contributed by atoms with E-state index < -0.39 is 5.54 Å². The molecule has 1 atom stereocenters. The fourth-order valence-electron chi connectivity index (χ4n) is 5.73. The average molecular weight is 396 g/mol. The van der Waals surface area contributed by atoms with Crippen LogP contribution in [0.5, 0.6) is 0 Å². The first kappa shape index (κ1) is 18.7. The number of aliphatic hydroxyl groups is 1. The Hall–Kier alpha value is -2.34. The Morgan fingerprint density at radius 3 is 2.55 bits per heavy atom. The van der Waals surface area contributed by atoms with E-state index in [-0.39, 0.29) is 24.0 Å². The molecular formula is C23H29N3O3. The summed E-state index contributed by atoms with van der Waals surface area (Å²) in [5, 5.41) is 10.9. The monoisotopic (exact) mass is 395 g/mol. The topological polar surface area (TPSA) is 76.6 Å². The van der Waals surface area contributed by atoms with E-state index in [0.717, 1.165) is 68.8 Å². The summed E-state index contributed by atoms with van der Waals surface area (Å²) >= 11 is 0. The maximum atomic E-state index is 13.7. The molecule has 1 saturated carbocycles. The molecule has 2 saturated heterocycles. The number of carbonyl (C=O) groups excluding carboxylic acids is 2. The van der Waals surface area contributed by atoms with Crippen molar-refractivity contribution in [3.63, 3.8) is 0 Å². The lowest BCUT2D eigenvalue weighted by molar-refractivity contribution is -0.149. The molecule has 6 nitrogen and oxygen atoms in total. The molecule has 0 radical (unpaired) electrons. The van der Waals surface area contributed by atoms with Gasteiger partial charge in [0.2, 0.25) is 5.91 Å². The number of rotatable bonds is 2. The van der Waals surface area contributed by atoms with Gasteiger partial charge < -0.3 is 19.9 Å². The highest BCUT2D eigenvalue weighted by atomic mass is 16.3. The van der Waals surface area contributed by atoms with Crippen molar-refractivity contribution in [1.29, 1.82) is 0 Å². The van der Waals surface area contributed by atoms with E-state index in [1.54, 1.807) is 0 Å². The molecule has 2 aliphatic heterocycles. The summed E-state index contributed by atoms with van der Waals surface area (Å²) in [5.74, 6) is 0.0695. The zero-order valence-electron chi connectivity index (χ0n) is 16.8. The third kappa shape index (κ3) is 3.05. The van der Waals surface area contributed by atoms with Gasteiger partial charge in [0.05, 0.1) is 6.10 Å². The zero-order chi connectivity index (χ0) is 20.0. The minimum atomic E-state index is -0.692. The number of fused-ring (bicyclic) bond motifs is 1. The summed E-state index contributed by atoms with van der Waals surface area (Å²) in [6.45, 7) is 1.41. The van der Waals surface area contributed by atoms with E-state index in [0.29, 0.717) is 12.2 Å². The molecule has 2 amide bonds. The first-order valence-corrected chi connectivity index (χ1v) is 11.0. The van der Waals surface area contributed by atoms with Gasteiger partial charge in [0.25, 0.3) is 5.91 Å². The minimum absolute atomic E-state index is 0.0621. The number of nitrogens with zero attached hydrogens (tertiary/aromatic N) is 2. The number of nitrogens with one attached hydrogen (secondary N) is 1. The lowest BCUT2D eigenvalue weighted by Gasteiger charge is -2.48. The van der Waals surface area contributed by atoms with Crippen molar-refractivity contribution in [1.82, 2.24) is 14.8 Å². The molecule has 3 aliphatic rings. The molecule has 2 N–H and O–H groups in total. The normalized spacial score (nSPS) is 30.4. The minimum Gasteiger partial charge on any atom is -0.393 e. The number of hydrogen-bond acceptors (Lipinski definition) is 3. The second kappa shape index (κ2) is 7.17. The number of para-hydroxylation sites is 1. The molecule has 29 heavy (non-hydrogen) atoms. The number of benzene rings is 1. The van der Waals surface area contributed by atoms with Crippen molar-refractivity contribution in [2.75, 3.05) is 13.1 Å². The smallest absolute Gasteiger partial charge is 0.271 e. The van der Waals surface area contributed by atoms with Gasteiger partial charge in [0, 0.05) is 30.0 Å². The Labute approximate surface area is 170 Å². The van der Waals surface area contributed by atoms with E-state index >= 15 is 0 Å². The van der Waals surface area contributed by atoms with Gasteiger partial charge in [-0.1, -0.05) is 18.2 Å². The van der Waals surface area contributed by atoms with Crippen molar-refractivity contribution in [3.8, 4) is 0 Å². The van der Waals surface area contributed by atoms with E-state index in [9.17, 15) is 14.7 Å². The summed E-state index contributed by atoms with van der Waals surface area (Å²) in [6, 6.07) is 9.98. The van der Waals surface area contributed by atoms with Crippen LogP contribution >= 0.6 is 0 Å². The van der Waals surface area contributed by atoms with E-state index in [4.69, 9.17) is 0 Å². The summed E-state index contributed by atoms with van der Waals surface area (Å²) in [5.41, 5.74) is 0.822. The molecule has 0 bridgehead atoms. The van der Waals surface area contributed by atoms with Gasteiger partial charge in [-0.25, -0.2) is 0 Å². The largest absolute Gasteiger partial charge is 0.393 e. The number of likely N-dealkylation sites (tertiary alicyclic amines) is 2. The molecule has 1 aliphatic carbocycles. The molecule has 3 fully saturated rings. The summed E-state index contributed by atoms with van der Waals surface area (Å²) in [7, 11) is 0. The molecular weight excluding hydrogens is 366 g/mol. The number of amides is 2. The molecule has 6 heteroatoms. The number of aromatic amines is 1. The maximum absolute atomic E-state index is 13.7. The van der Waals surface area contributed by atoms with E-state index in [2.05, 4.69) is 4.98 Å². The predicted octanol–water partition coefficient (Wildman–Crippen LogP) is 3.07. The first-order valence-electron chi connectivity index (χ1n) is 11.0. The van der Waals surface area contributed by atoms with E-state index in [1.807, 2.05) is 40.1 Å². The van der Waals surface area contributed by atoms with Gasteiger partial charge >= 0.3 is 0 Å². The Balaban J connectivity index is 1.42. The fraction of sp³-hybridized carbons (Fsp3) is 0.565. The molecule has 1 unspecified atom stereocenters. The van der Waals surface area contributed by atoms with Crippen molar-refractivity contribution in [3.05, 3.63) is 36.0 Å². The fourth-order valence-corrected chi connectivity index (χ4v) is 5.73. The average Bonchev–Trinajstić information content (AvgIpc) is 3.35. The third-order valence-corrected chi connectivity index (χ3v) is 7.25. The van der Waals surface area contributed by atoms with Crippen LogP contribution in [0.1, 0.15) is 61.9 Å². The summed E-state index contributed by atoms with van der Waals surface area (Å²) < 4.78 is 0. The van der Waals surface area contributed by atoms with Gasteiger partial charge in [-0.3, -0.25) is 9.59 Å². The van der Waals surface area contributed by atoms with Crippen molar-refractivity contribution < 1.29 is 14.7 Å². The zero-order valence-corrected chi connectivity index (χ0v) is 16.8. The molecule has 154 valence electrons. The highest BCUT2D eigenvalue weighted by molar-refractivity contribution is 6.02. The third-order valence-electron chi connectivity index (χ3n) is 7.25. The number of aliphatic hydroxyl groups excluding tert-OH is 1. The van der Waals surface area contributed by atoms with Gasteiger partial charge in [0.15, 0.2) is 0 Å². The molecule has 5 rings (SSSR count). The van der Waals surface area contributed by atoms with Gasteiger partial charge in [0.1, 0.15) is 11.2 Å². The van der Waals surface area contributed by atoms with Crippen LogP contribution < -0.4 is 0 Å². The Morgan fingerprint density at radius 2 is 1.79 bits per heavy atom. The van der Waals surface area contributed by atoms with Crippen LogP contribution in [0, 0.1) is 0 Å². The van der Waals surface area contributed by atoms with Crippen LogP contribution in [0.3, 0.4) is 0 Å². The lowest BCUT2D eigenvalue weighted by atomic mass is 9.82. The molecule has 2 aromatic rings. The SMILES string of the molecule is O=C(c1cc2ccccc2[nH]1)N1CCCC12CCCN(C1CCC(O)CC1)C2=O. The molecule has 3 heterocycles. The summed E-state index contributed by atoms with van der Waals surface area (Å²) in [4.78, 5) is 34.3. The highest BCUT2D eigenvalue weighted by Crippen LogP contribution is 2.41. The quantitative estimate of drug-likeness (QED) is 0.820. The second-order valence-corrected chi connectivity index (χ2v) is 8.93. The van der Waals surface area contributed by atoms with E-state index in [1.165, 1.54) is 0 Å². The van der Waals surface area contributed by atoms with Crippen molar-refractivity contribution in [2.45, 2.75) is 69.1 Å². The molecule has 1 aromatic heterocycles.